The number of rotatable bonds is 4. The van der Waals surface area contributed by atoms with E-state index in [0.717, 1.165) is 11.3 Å². The first-order valence-electron chi connectivity index (χ1n) is 5.68. The van der Waals surface area contributed by atoms with Gasteiger partial charge in [-0.2, -0.15) is 0 Å². The Morgan fingerprint density at radius 1 is 1.33 bits per heavy atom. The van der Waals surface area contributed by atoms with Gasteiger partial charge >= 0.3 is 0 Å². The summed E-state index contributed by atoms with van der Waals surface area (Å²) >= 11 is 4.37. The van der Waals surface area contributed by atoms with Gasteiger partial charge in [0.15, 0.2) is 10.0 Å². The molecule has 0 saturated carbocycles. The van der Waals surface area contributed by atoms with Crippen LogP contribution >= 0.6 is 27.3 Å². The van der Waals surface area contributed by atoms with Crippen molar-refractivity contribution in [3.05, 3.63) is 45.7 Å². The molecule has 21 heavy (non-hydrogen) atoms. The lowest BCUT2D eigenvalue weighted by Crippen LogP contribution is -2.26. The van der Waals surface area contributed by atoms with Crippen LogP contribution in [0.15, 0.2) is 49.5 Å². The molecule has 9 heteroatoms. The Kier molecular flexibility index (Phi) is 4.55. The molecule has 112 valence electrons. The Morgan fingerprint density at radius 2 is 1.95 bits per heavy atom. The maximum atomic E-state index is 12.5. The Bertz CT molecular complexity index is 769. The molecule has 0 aliphatic rings. The van der Waals surface area contributed by atoms with Gasteiger partial charge in [-0.15, -0.1) is 11.3 Å². The smallest absolute Gasteiger partial charge is 0.274 e. The zero-order chi connectivity index (χ0) is 15.6. The van der Waals surface area contributed by atoms with Crippen LogP contribution in [0.5, 0.6) is 0 Å². The van der Waals surface area contributed by atoms with Crippen LogP contribution in [0.4, 0.5) is 5.69 Å². The van der Waals surface area contributed by atoms with E-state index in [4.69, 9.17) is 10.9 Å². The number of nitrogens with two attached hydrogens (primary N) is 1. The molecule has 1 aromatic carbocycles. The molecular formula is C12H12BrN3O3S2. The fraction of sp³-hybridized carbons (Fsp3) is 0.0833. The largest absolute Gasteiger partial charge is 0.409 e. The molecule has 0 spiro atoms. The van der Waals surface area contributed by atoms with Crippen molar-refractivity contribution in [1.82, 2.24) is 0 Å². The van der Waals surface area contributed by atoms with Gasteiger partial charge in [0, 0.05) is 17.1 Å². The Morgan fingerprint density at radius 3 is 2.43 bits per heavy atom. The minimum absolute atomic E-state index is 0.0342. The Hall–Kier alpha value is -1.58. The van der Waals surface area contributed by atoms with E-state index in [9.17, 15) is 8.42 Å². The molecular weight excluding hydrogens is 378 g/mol. The first-order chi connectivity index (χ1) is 9.87. The van der Waals surface area contributed by atoms with Crippen molar-refractivity contribution in [1.29, 1.82) is 0 Å². The minimum Gasteiger partial charge on any atom is -0.409 e. The number of amidine groups is 1. The van der Waals surface area contributed by atoms with Crippen LogP contribution in [0.1, 0.15) is 5.56 Å². The second kappa shape index (κ2) is 6.04. The normalized spacial score (nSPS) is 12.4. The van der Waals surface area contributed by atoms with Gasteiger partial charge in [-0.1, -0.05) is 5.16 Å². The monoisotopic (exact) mass is 389 g/mol. The van der Waals surface area contributed by atoms with Gasteiger partial charge in [-0.25, -0.2) is 8.42 Å². The number of sulfonamides is 1. The summed E-state index contributed by atoms with van der Waals surface area (Å²) in [6, 6.07) is 8.03. The standard InChI is InChI=1S/C12H12BrN3O3S2/c1-16(21(18,19)12-10(13)6-7-20-12)9-4-2-8(3-5-9)11(14)15-17/h2-7,17H,1H3,(H2,14,15). The molecule has 0 unspecified atom stereocenters. The predicted octanol–water partition coefficient (Wildman–Crippen LogP) is 2.43. The molecule has 0 amide bonds. The predicted molar refractivity (Wildman–Crippen MR) is 86.6 cm³/mol. The highest BCUT2D eigenvalue weighted by molar-refractivity contribution is 9.10. The van der Waals surface area contributed by atoms with E-state index in [1.165, 1.54) is 11.4 Å². The minimum atomic E-state index is -3.62. The fourth-order valence-electron chi connectivity index (χ4n) is 1.63. The second-order valence-corrected chi connectivity index (χ2v) is 8.00. The van der Waals surface area contributed by atoms with Crippen molar-refractivity contribution < 1.29 is 13.6 Å². The molecule has 0 fully saturated rings. The SMILES string of the molecule is CN(c1ccc(C(N)=NO)cc1)S(=O)(=O)c1sccc1Br. The highest BCUT2D eigenvalue weighted by Crippen LogP contribution is 2.31. The van der Waals surface area contributed by atoms with Crippen molar-refractivity contribution >= 4 is 48.8 Å². The number of benzene rings is 1. The molecule has 0 aliphatic heterocycles. The van der Waals surface area contributed by atoms with Crippen LogP contribution in [-0.2, 0) is 10.0 Å². The summed E-state index contributed by atoms with van der Waals surface area (Å²) in [5.74, 6) is -0.0342. The van der Waals surface area contributed by atoms with Crippen molar-refractivity contribution in [2.75, 3.05) is 11.4 Å². The average Bonchev–Trinajstić information content (AvgIpc) is 2.92. The number of anilines is 1. The lowest BCUT2D eigenvalue weighted by atomic mass is 10.2. The van der Waals surface area contributed by atoms with E-state index in [1.807, 2.05) is 0 Å². The maximum Gasteiger partial charge on any atom is 0.274 e. The van der Waals surface area contributed by atoms with Crippen molar-refractivity contribution in [3.63, 3.8) is 0 Å². The van der Waals surface area contributed by atoms with E-state index in [0.29, 0.717) is 15.7 Å². The number of halogens is 1. The summed E-state index contributed by atoms with van der Waals surface area (Å²) in [6.45, 7) is 0. The summed E-state index contributed by atoms with van der Waals surface area (Å²) in [7, 11) is -2.15. The van der Waals surface area contributed by atoms with Gasteiger partial charge in [0.25, 0.3) is 10.0 Å². The Balaban J connectivity index is 2.36. The molecule has 1 aromatic heterocycles. The van der Waals surface area contributed by atoms with Gasteiger partial charge in [0.2, 0.25) is 0 Å². The zero-order valence-corrected chi connectivity index (χ0v) is 14.1. The third kappa shape index (κ3) is 3.04. The van der Waals surface area contributed by atoms with Crippen molar-refractivity contribution in [2.24, 2.45) is 10.9 Å². The van der Waals surface area contributed by atoms with Crippen LogP contribution in [0.2, 0.25) is 0 Å². The van der Waals surface area contributed by atoms with E-state index in [1.54, 1.807) is 35.7 Å². The van der Waals surface area contributed by atoms with E-state index < -0.39 is 10.0 Å². The lowest BCUT2D eigenvalue weighted by molar-refractivity contribution is 0.318. The molecule has 3 N–H and O–H groups in total. The molecule has 0 radical (unpaired) electrons. The van der Waals surface area contributed by atoms with Gasteiger partial charge in [-0.3, -0.25) is 4.31 Å². The summed E-state index contributed by atoms with van der Waals surface area (Å²) in [5.41, 5.74) is 6.45. The lowest BCUT2D eigenvalue weighted by Gasteiger charge is -2.19. The van der Waals surface area contributed by atoms with Gasteiger partial charge in [-0.05, 0) is 51.6 Å². The van der Waals surface area contributed by atoms with Gasteiger partial charge < -0.3 is 10.9 Å². The van der Waals surface area contributed by atoms with Crippen LogP contribution in [0.25, 0.3) is 0 Å². The number of oxime groups is 1. The average molecular weight is 390 g/mol. The molecule has 0 atom stereocenters. The summed E-state index contributed by atoms with van der Waals surface area (Å²) < 4.78 is 27.0. The summed E-state index contributed by atoms with van der Waals surface area (Å²) in [4.78, 5) is 0. The molecule has 1 heterocycles. The molecule has 0 aliphatic carbocycles. The number of nitrogens with zero attached hydrogens (tertiary/aromatic N) is 2. The van der Waals surface area contributed by atoms with Crippen LogP contribution in [0, 0.1) is 0 Å². The maximum absolute atomic E-state index is 12.5. The molecule has 2 aromatic rings. The summed E-state index contributed by atoms with van der Waals surface area (Å²) in [6.07, 6.45) is 0. The number of thiophene rings is 1. The third-order valence-corrected chi connectivity index (χ3v) is 7.25. The van der Waals surface area contributed by atoms with Crippen molar-refractivity contribution in [3.8, 4) is 0 Å². The highest BCUT2D eigenvalue weighted by Gasteiger charge is 2.25. The number of hydrogen-bond donors (Lipinski definition) is 2. The molecule has 2 rings (SSSR count). The van der Waals surface area contributed by atoms with Crippen LogP contribution in [0.3, 0.4) is 0 Å². The quantitative estimate of drug-likeness (QED) is 0.363. The molecule has 6 nitrogen and oxygen atoms in total. The molecule has 0 saturated heterocycles. The van der Waals surface area contributed by atoms with Crippen LogP contribution in [-0.4, -0.2) is 26.5 Å². The van der Waals surface area contributed by atoms with Gasteiger partial charge in [0.05, 0.1) is 5.69 Å². The Labute approximate surface area is 134 Å². The highest BCUT2D eigenvalue weighted by atomic mass is 79.9. The topological polar surface area (TPSA) is 96.0 Å². The van der Waals surface area contributed by atoms with E-state index >= 15 is 0 Å². The first-order valence-corrected chi connectivity index (χ1v) is 8.79. The zero-order valence-electron chi connectivity index (χ0n) is 10.9. The molecule has 0 bridgehead atoms. The third-order valence-electron chi connectivity index (χ3n) is 2.81. The van der Waals surface area contributed by atoms with E-state index in [2.05, 4.69) is 21.1 Å². The number of hydrogen-bond acceptors (Lipinski definition) is 5. The van der Waals surface area contributed by atoms with E-state index in [-0.39, 0.29) is 10.0 Å². The first kappa shape index (κ1) is 15.8. The van der Waals surface area contributed by atoms with Gasteiger partial charge in [0.1, 0.15) is 0 Å². The van der Waals surface area contributed by atoms with Crippen molar-refractivity contribution in [2.45, 2.75) is 4.21 Å². The fourth-order valence-corrected chi connectivity index (χ4v) is 5.29. The summed E-state index contributed by atoms with van der Waals surface area (Å²) in [5, 5.41) is 13.2. The second-order valence-electron chi connectivity index (χ2n) is 4.06. The van der Waals surface area contributed by atoms with Crippen LogP contribution < -0.4 is 10.0 Å².